The summed E-state index contributed by atoms with van der Waals surface area (Å²) in [5.74, 6) is 1.82. The van der Waals surface area contributed by atoms with E-state index < -0.39 is 0 Å². The highest BCUT2D eigenvalue weighted by Gasteiger charge is 2.25. The number of pyridine rings is 1. The van der Waals surface area contributed by atoms with Crippen molar-refractivity contribution in [1.82, 2.24) is 4.98 Å². The van der Waals surface area contributed by atoms with E-state index in [1.165, 1.54) is 12.8 Å². The normalized spacial score (nSPS) is 15.9. The Balaban J connectivity index is 2.26. The molecule has 14 heavy (non-hydrogen) atoms. The molecule has 3 nitrogen and oxygen atoms in total. The van der Waals surface area contributed by atoms with Crippen molar-refractivity contribution in [3.63, 3.8) is 0 Å². The molecule has 2 N–H and O–H groups in total. The lowest BCUT2D eigenvalue weighted by atomic mass is 10.1. The average Bonchev–Trinajstić information content (AvgIpc) is 2.91. The lowest BCUT2D eigenvalue weighted by molar-refractivity contribution is 0.297. The molecule has 0 spiro atoms. The van der Waals surface area contributed by atoms with Crippen molar-refractivity contribution in [2.75, 3.05) is 5.73 Å². The Morgan fingerprint density at radius 2 is 2.14 bits per heavy atom. The van der Waals surface area contributed by atoms with Crippen LogP contribution in [0.3, 0.4) is 0 Å². The largest absolute Gasteiger partial charge is 0.489 e. The third-order valence-electron chi connectivity index (χ3n) is 2.27. The molecule has 1 aliphatic rings. The lowest BCUT2D eigenvalue weighted by Gasteiger charge is -2.12. The first-order valence-electron chi connectivity index (χ1n) is 5.10. The van der Waals surface area contributed by atoms with Gasteiger partial charge < -0.3 is 10.5 Å². The molecule has 1 heterocycles. The Hall–Kier alpha value is -1.25. The van der Waals surface area contributed by atoms with Crippen molar-refractivity contribution < 1.29 is 4.74 Å². The third-order valence-corrected chi connectivity index (χ3v) is 2.27. The van der Waals surface area contributed by atoms with E-state index >= 15 is 0 Å². The van der Waals surface area contributed by atoms with E-state index in [4.69, 9.17) is 10.5 Å². The molecule has 0 saturated heterocycles. The molecular formula is C11H16N2O. The molecular weight excluding hydrogens is 176 g/mol. The van der Waals surface area contributed by atoms with Crippen LogP contribution >= 0.6 is 0 Å². The van der Waals surface area contributed by atoms with Gasteiger partial charge in [0.25, 0.3) is 0 Å². The molecule has 0 unspecified atom stereocenters. The van der Waals surface area contributed by atoms with Gasteiger partial charge in [0.1, 0.15) is 11.6 Å². The molecule has 76 valence electrons. The summed E-state index contributed by atoms with van der Waals surface area (Å²) in [6.45, 7) is 4.20. The second kappa shape index (κ2) is 3.48. The number of ether oxygens (including phenoxy) is 1. The molecule has 1 aliphatic carbocycles. The van der Waals surface area contributed by atoms with Crippen molar-refractivity contribution in [1.29, 1.82) is 0 Å². The van der Waals surface area contributed by atoms with E-state index in [2.05, 4.69) is 18.8 Å². The molecule has 3 heteroatoms. The summed E-state index contributed by atoms with van der Waals surface area (Å²) >= 11 is 0. The number of aromatic nitrogens is 1. The van der Waals surface area contributed by atoms with Crippen molar-refractivity contribution in [3.05, 3.63) is 17.8 Å². The predicted octanol–water partition coefficient (Wildman–Crippen LogP) is 2.33. The van der Waals surface area contributed by atoms with Gasteiger partial charge in [-0.05, 0) is 30.9 Å². The Morgan fingerprint density at radius 3 is 2.71 bits per heavy atom. The fraction of sp³-hybridized carbons (Fsp3) is 0.545. The Labute approximate surface area is 84.3 Å². The number of anilines is 1. The third kappa shape index (κ3) is 1.97. The van der Waals surface area contributed by atoms with E-state index in [9.17, 15) is 0 Å². The van der Waals surface area contributed by atoms with E-state index in [1.807, 2.05) is 6.07 Å². The Bertz CT molecular complexity index is 332. The Kier molecular flexibility index (Phi) is 2.32. The highest BCUT2D eigenvalue weighted by molar-refractivity contribution is 5.39. The molecule has 1 fully saturated rings. The van der Waals surface area contributed by atoms with Gasteiger partial charge in [0.2, 0.25) is 0 Å². The van der Waals surface area contributed by atoms with E-state index in [-0.39, 0.29) is 0 Å². The number of nitrogen functional groups attached to an aromatic ring is 1. The maximum atomic E-state index is 5.75. The minimum atomic E-state index is 0.354. The number of hydrogen-bond donors (Lipinski definition) is 1. The first-order valence-corrected chi connectivity index (χ1v) is 5.10. The van der Waals surface area contributed by atoms with Crippen LogP contribution in [-0.2, 0) is 0 Å². The van der Waals surface area contributed by atoms with Crippen LogP contribution < -0.4 is 10.5 Å². The second-order valence-electron chi connectivity index (χ2n) is 4.09. The van der Waals surface area contributed by atoms with Gasteiger partial charge in [-0.2, -0.15) is 0 Å². The van der Waals surface area contributed by atoms with Crippen molar-refractivity contribution >= 4 is 5.82 Å². The molecule has 0 atom stereocenters. The first-order chi connectivity index (χ1) is 6.66. The van der Waals surface area contributed by atoms with Gasteiger partial charge in [0.15, 0.2) is 0 Å². The smallest absolute Gasteiger partial charge is 0.141 e. The van der Waals surface area contributed by atoms with Gasteiger partial charge in [-0.3, -0.25) is 0 Å². The molecule has 1 aromatic heterocycles. The zero-order chi connectivity index (χ0) is 10.1. The van der Waals surface area contributed by atoms with Crippen molar-refractivity contribution in [2.24, 2.45) is 0 Å². The van der Waals surface area contributed by atoms with Gasteiger partial charge in [-0.15, -0.1) is 0 Å². The maximum Gasteiger partial charge on any atom is 0.141 e. The van der Waals surface area contributed by atoms with E-state index in [0.29, 0.717) is 17.8 Å². The molecule has 0 radical (unpaired) electrons. The van der Waals surface area contributed by atoms with Crippen LogP contribution in [0.2, 0.25) is 0 Å². The average molecular weight is 192 g/mol. The first kappa shape index (κ1) is 9.31. The van der Waals surface area contributed by atoms with Gasteiger partial charge >= 0.3 is 0 Å². The fourth-order valence-electron chi connectivity index (χ4n) is 1.36. The van der Waals surface area contributed by atoms with Crippen LogP contribution in [-0.4, -0.2) is 11.1 Å². The highest BCUT2D eigenvalue weighted by atomic mass is 16.5. The number of nitrogens with zero attached hydrogens (tertiary/aromatic N) is 1. The van der Waals surface area contributed by atoms with Gasteiger partial charge in [-0.1, -0.05) is 13.8 Å². The van der Waals surface area contributed by atoms with Gasteiger partial charge in [0.05, 0.1) is 11.8 Å². The number of rotatable bonds is 3. The summed E-state index contributed by atoms with van der Waals surface area (Å²) in [4.78, 5) is 4.31. The molecule has 0 aliphatic heterocycles. The molecule has 0 aromatic carbocycles. The second-order valence-corrected chi connectivity index (χ2v) is 4.09. The summed E-state index contributed by atoms with van der Waals surface area (Å²) in [5.41, 5.74) is 6.61. The van der Waals surface area contributed by atoms with E-state index in [1.54, 1.807) is 6.07 Å². The quantitative estimate of drug-likeness (QED) is 0.799. The number of hydrogen-bond acceptors (Lipinski definition) is 3. The van der Waals surface area contributed by atoms with Crippen LogP contribution in [0.1, 0.15) is 38.3 Å². The van der Waals surface area contributed by atoms with Crippen LogP contribution in [0.5, 0.6) is 5.75 Å². The summed E-state index contributed by atoms with van der Waals surface area (Å²) in [7, 11) is 0. The summed E-state index contributed by atoms with van der Waals surface area (Å²) < 4.78 is 5.75. The minimum absolute atomic E-state index is 0.354. The molecule has 0 amide bonds. The van der Waals surface area contributed by atoms with Gasteiger partial charge in [-0.25, -0.2) is 4.98 Å². The SMILES string of the molecule is CC(C)c1nc(N)ccc1OC1CC1. The monoisotopic (exact) mass is 192 g/mol. The minimum Gasteiger partial charge on any atom is -0.489 e. The lowest BCUT2D eigenvalue weighted by Crippen LogP contribution is -2.04. The summed E-state index contributed by atoms with van der Waals surface area (Å²) in [6.07, 6.45) is 2.75. The highest BCUT2D eigenvalue weighted by Crippen LogP contribution is 2.31. The molecule has 1 saturated carbocycles. The van der Waals surface area contributed by atoms with Gasteiger partial charge in [0, 0.05) is 0 Å². The zero-order valence-electron chi connectivity index (χ0n) is 8.66. The Morgan fingerprint density at radius 1 is 1.43 bits per heavy atom. The topological polar surface area (TPSA) is 48.1 Å². The zero-order valence-corrected chi connectivity index (χ0v) is 8.66. The molecule has 2 rings (SSSR count). The van der Waals surface area contributed by atoms with Crippen molar-refractivity contribution in [2.45, 2.75) is 38.7 Å². The van der Waals surface area contributed by atoms with Crippen LogP contribution in [0.25, 0.3) is 0 Å². The predicted molar refractivity (Wildman–Crippen MR) is 56.4 cm³/mol. The maximum absolute atomic E-state index is 5.75. The summed E-state index contributed by atoms with van der Waals surface area (Å²) in [5, 5.41) is 0. The molecule has 0 bridgehead atoms. The molecule has 1 aromatic rings. The fourth-order valence-corrected chi connectivity index (χ4v) is 1.36. The standard InChI is InChI=1S/C11H16N2O/c1-7(2)11-9(14-8-3-4-8)5-6-10(12)13-11/h5-8H,3-4H2,1-2H3,(H2,12,13). The number of nitrogens with two attached hydrogens (primary N) is 1. The van der Waals surface area contributed by atoms with Crippen molar-refractivity contribution in [3.8, 4) is 5.75 Å². The van der Waals surface area contributed by atoms with Crippen LogP contribution in [0.15, 0.2) is 12.1 Å². The van der Waals surface area contributed by atoms with Crippen LogP contribution in [0, 0.1) is 0 Å². The summed E-state index contributed by atoms with van der Waals surface area (Å²) in [6, 6.07) is 3.72. The van der Waals surface area contributed by atoms with E-state index in [0.717, 1.165) is 11.4 Å². The van der Waals surface area contributed by atoms with Crippen LogP contribution in [0.4, 0.5) is 5.82 Å².